The minimum absolute atomic E-state index is 0.295. The predicted molar refractivity (Wildman–Crippen MR) is 66.1 cm³/mol. The largest absolute Gasteiger partial charge is 0.495 e. The Morgan fingerprint density at radius 2 is 1.88 bits per heavy atom. The van der Waals surface area contributed by atoms with Gasteiger partial charge in [0, 0.05) is 5.56 Å². The fraction of sp³-hybridized carbons (Fsp3) is 0.364. The van der Waals surface area contributed by atoms with Gasteiger partial charge in [0.1, 0.15) is 17.9 Å². The van der Waals surface area contributed by atoms with Gasteiger partial charge in [0.25, 0.3) is 0 Å². The fourth-order valence-corrected chi connectivity index (χ4v) is 2.99. The van der Waals surface area contributed by atoms with Crippen molar-refractivity contribution in [2.45, 2.75) is 13.5 Å². The number of rotatable bonds is 2. The van der Waals surface area contributed by atoms with Gasteiger partial charge in [0.15, 0.2) is 5.75 Å². The van der Waals surface area contributed by atoms with Crippen molar-refractivity contribution in [3.8, 4) is 11.5 Å². The Morgan fingerprint density at radius 3 is 2.44 bits per heavy atom. The number of cyclic esters (lactones) is 1. The summed E-state index contributed by atoms with van der Waals surface area (Å²) in [6.45, 7) is 2.21. The highest BCUT2D eigenvalue weighted by atomic mass is 127. The zero-order valence-corrected chi connectivity index (χ0v) is 11.4. The first-order valence-electron chi connectivity index (χ1n) is 4.71. The molecule has 0 spiro atoms. The van der Waals surface area contributed by atoms with Crippen molar-refractivity contribution in [3.05, 3.63) is 20.3 Å². The number of halogens is 1. The summed E-state index contributed by atoms with van der Waals surface area (Å²) in [7, 11) is 3.14. The topological polar surface area (TPSA) is 44.8 Å². The molecule has 0 radical (unpaired) electrons. The van der Waals surface area contributed by atoms with Gasteiger partial charge in [-0.1, -0.05) is 0 Å². The first-order valence-corrected chi connectivity index (χ1v) is 5.79. The summed E-state index contributed by atoms with van der Waals surface area (Å²) in [5.74, 6) is 0.963. The van der Waals surface area contributed by atoms with Gasteiger partial charge in [-0.2, -0.15) is 0 Å². The molecule has 5 heteroatoms. The Bertz CT molecular complexity index is 468. The van der Waals surface area contributed by atoms with E-state index in [-0.39, 0.29) is 5.97 Å². The lowest BCUT2D eigenvalue weighted by Crippen LogP contribution is -2.04. The van der Waals surface area contributed by atoms with Crippen molar-refractivity contribution >= 4 is 28.6 Å². The number of carbonyl (C=O) groups excluding carboxylic acids is 1. The third kappa shape index (κ3) is 1.45. The van der Waals surface area contributed by atoms with Crippen molar-refractivity contribution in [3.63, 3.8) is 0 Å². The lowest BCUT2D eigenvalue weighted by atomic mass is 10.0. The maximum Gasteiger partial charge on any atom is 0.342 e. The molecule has 1 aliphatic heterocycles. The molecule has 0 aromatic heterocycles. The third-order valence-electron chi connectivity index (χ3n) is 2.68. The molecule has 0 amide bonds. The molecule has 0 fully saturated rings. The average molecular weight is 334 g/mol. The third-order valence-corrected chi connectivity index (χ3v) is 3.66. The molecule has 0 aliphatic carbocycles. The Hall–Kier alpha value is -0.980. The standard InChI is InChI=1S/C11H11IO4/c1-5-6-4-16-11(13)7(6)10(15-3)8(12)9(5)14-2/h4H2,1-3H3. The molecule has 1 heterocycles. The van der Waals surface area contributed by atoms with Crippen LogP contribution in [0.5, 0.6) is 11.5 Å². The predicted octanol–water partition coefficient (Wildman–Crippen LogP) is 2.29. The zero-order valence-electron chi connectivity index (χ0n) is 9.22. The van der Waals surface area contributed by atoms with Crippen molar-refractivity contribution < 1.29 is 19.0 Å². The number of methoxy groups -OCH3 is 2. The van der Waals surface area contributed by atoms with E-state index in [2.05, 4.69) is 22.6 Å². The van der Waals surface area contributed by atoms with Gasteiger partial charge in [-0.05, 0) is 35.1 Å². The lowest BCUT2D eigenvalue weighted by Gasteiger charge is -2.14. The van der Waals surface area contributed by atoms with Crippen molar-refractivity contribution in [1.82, 2.24) is 0 Å². The van der Waals surface area contributed by atoms with E-state index in [1.807, 2.05) is 6.92 Å². The summed E-state index contributed by atoms with van der Waals surface area (Å²) in [5, 5.41) is 0. The van der Waals surface area contributed by atoms with Crippen LogP contribution in [-0.2, 0) is 11.3 Å². The molecule has 0 N–H and O–H groups in total. The summed E-state index contributed by atoms with van der Waals surface area (Å²) in [6, 6.07) is 0. The van der Waals surface area contributed by atoms with E-state index in [9.17, 15) is 4.79 Å². The van der Waals surface area contributed by atoms with Crippen LogP contribution in [0.1, 0.15) is 21.5 Å². The van der Waals surface area contributed by atoms with Crippen molar-refractivity contribution in [2.75, 3.05) is 14.2 Å². The van der Waals surface area contributed by atoms with Crippen LogP contribution in [0, 0.1) is 10.5 Å². The number of hydrogen-bond acceptors (Lipinski definition) is 4. The van der Waals surface area contributed by atoms with E-state index in [0.717, 1.165) is 20.4 Å². The molecule has 0 unspecified atom stereocenters. The van der Waals surface area contributed by atoms with Crippen LogP contribution in [-0.4, -0.2) is 20.2 Å². The number of carbonyl (C=O) groups is 1. The minimum Gasteiger partial charge on any atom is -0.495 e. The maximum atomic E-state index is 11.6. The highest BCUT2D eigenvalue weighted by molar-refractivity contribution is 14.1. The van der Waals surface area contributed by atoms with Gasteiger partial charge in [-0.25, -0.2) is 4.79 Å². The van der Waals surface area contributed by atoms with Gasteiger partial charge in [0.2, 0.25) is 0 Å². The molecule has 4 nitrogen and oxygen atoms in total. The summed E-state index contributed by atoms with van der Waals surface area (Å²) >= 11 is 2.11. The number of benzene rings is 1. The summed E-state index contributed by atoms with van der Waals surface area (Å²) in [6.07, 6.45) is 0. The molecule has 1 aliphatic rings. The minimum atomic E-state index is -0.324. The van der Waals surface area contributed by atoms with Crippen LogP contribution >= 0.6 is 22.6 Å². The van der Waals surface area contributed by atoms with E-state index < -0.39 is 0 Å². The highest BCUT2D eigenvalue weighted by Gasteiger charge is 2.32. The molecule has 2 rings (SSSR count). The van der Waals surface area contributed by atoms with Crippen molar-refractivity contribution in [2.24, 2.45) is 0 Å². The highest BCUT2D eigenvalue weighted by Crippen LogP contribution is 2.42. The van der Waals surface area contributed by atoms with E-state index >= 15 is 0 Å². The second-order valence-electron chi connectivity index (χ2n) is 3.44. The Labute approximate surface area is 107 Å². The first-order chi connectivity index (χ1) is 7.61. The molecule has 86 valence electrons. The molecule has 0 atom stereocenters. The van der Waals surface area contributed by atoms with E-state index in [0.29, 0.717) is 17.9 Å². The van der Waals surface area contributed by atoms with Gasteiger partial charge < -0.3 is 14.2 Å². The quantitative estimate of drug-likeness (QED) is 0.615. The molecular formula is C11H11IO4. The molecule has 0 saturated heterocycles. The van der Waals surface area contributed by atoms with Crippen molar-refractivity contribution in [1.29, 1.82) is 0 Å². The summed E-state index contributed by atoms with van der Waals surface area (Å²) in [5.41, 5.74) is 2.33. The Kier molecular flexibility index (Phi) is 2.96. The summed E-state index contributed by atoms with van der Waals surface area (Å²) in [4.78, 5) is 11.6. The Balaban J connectivity index is 2.80. The van der Waals surface area contributed by atoms with Crippen LogP contribution in [0.15, 0.2) is 0 Å². The van der Waals surface area contributed by atoms with Gasteiger partial charge in [-0.15, -0.1) is 0 Å². The van der Waals surface area contributed by atoms with E-state index in [1.165, 1.54) is 7.11 Å². The van der Waals surface area contributed by atoms with Gasteiger partial charge >= 0.3 is 5.97 Å². The molecule has 1 aromatic carbocycles. The van der Waals surface area contributed by atoms with Crippen LogP contribution in [0.25, 0.3) is 0 Å². The fourth-order valence-electron chi connectivity index (χ4n) is 1.88. The van der Waals surface area contributed by atoms with Gasteiger partial charge in [0.05, 0.1) is 17.8 Å². The van der Waals surface area contributed by atoms with Crippen LogP contribution in [0.3, 0.4) is 0 Å². The van der Waals surface area contributed by atoms with Crippen LogP contribution in [0.2, 0.25) is 0 Å². The van der Waals surface area contributed by atoms with E-state index in [1.54, 1.807) is 7.11 Å². The zero-order chi connectivity index (χ0) is 11.9. The second kappa shape index (κ2) is 4.12. The monoisotopic (exact) mass is 334 g/mol. The molecule has 0 saturated carbocycles. The van der Waals surface area contributed by atoms with E-state index in [4.69, 9.17) is 14.2 Å². The van der Waals surface area contributed by atoms with Crippen LogP contribution < -0.4 is 9.47 Å². The summed E-state index contributed by atoms with van der Waals surface area (Å²) < 4.78 is 16.4. The Morgan fingerprint density at radius 1 is 1.25 bits per heavy atom. The smallest absolute Gasteiger partial charge is 0.342 e. The number of esters is 1. The molecule has 0 bridgehead atoms. The average Bonchev–Trinajstić information content (AvgIpc) is 2.63. The number of hydrogen-bond donors (Lipinski definition) is 0. The maximum absolute atomic E-state index is 11.6. The van der Waals surface area contributed by atoms with Gasteiger partial charge in [-0.3, -0.25) is 0 Å². The van der Waals surface area contributed by atoms with Crippen LogP contribution in [0.4, 0.5) is 0 Å². The number of ether oxygens (including phenoxy) is 3. The lowest BCUT2D eigenvalue weighted by molar-refractivity contribution is 0.0532. The SMILES string of the molecule is COc1c(C)c2c(c(OC)c1I)C(=O)OC2. The molecular weight excluding hydrogens is 323 g/mol. The number of fused-ring (bicyclic) bond motifs is 1. The molecule has 16 heavy (non-hydrogen) atoms. The normalized spacial score (nSPS) is 13.4. The molecule has 1 aromatic rings. The second-order valence-corrected chi connectivity index (χ2v) is 4.51. The first kappa shape index (κ1) is 11.5.